The van der Waals surface area contributed by atoms with Crippen LogP contribution in [-0.2, 0) is 21.2 Å². The van der Waals surface area contributed by atoms with Crippen LogP contribution >= 0.6 is 11.3 Å². The molecule has 0 bridgehead atoms. The fourth-order valence-electron chi connectivity index (χ4n) is 2.40. The molecule has 0 radical (unpaired) electrons. The van der Waals surface area contributed by atoms with Gasteiger partial charge in [-0.25, -0.2) is 13.4 Å². The van der Waals surface area contributed by atoms with Crippen LogP contribution in [0.4, 0.5) is 5.69 Å². The van der Waals surface area contributed by atoms with Crippen molar-refractivity contribution in [3.8, 4) is 0 Å². The zero-order chi connectivity index (χ0) is 18.0. The number of carboxylic acid groups (broad SMARTS) is 1. The van der Waals surface area contributed by atoms with E-state index in [4.69, 9.17) is 5.11 Å². The number of anilines is 1. The number of thiazole rings is 1. The maximum absolute atomic E-state index is 12.5. The van der Waals surface area contributed by atoms with Gasteiger partial charge in [0.2, 0.25) is 0 Å². The van der Waals surface area contributed by atoms with Crippen molar-refractivity contribution < 1.29 is 18.3 Å². The lowest BCUT2D eigenvalue weighted by Gasteiger charge is -2.09. The van der Waals surface area contributed by atoms with E-state index in [1.807, 2.05) is 6.92 Å². The summed E-state index contributed by atoms with van der Waals surface area (Å²) in [4.78, 5) is 15.1. The van der Waals surface area contributed by atoms with Gasteiger partial charge >= 0.3 is 5.97 Å². The number of benzene rings is 2. The summed E-state index contributed by atoms with van der Waals surface area (Å²) in [5, 5.41) is 9.61. The summed E-state index contributed by atoms with van der Waals surface area (Å²) in [6.45, 7) is 1.90. The zero-order valence-electron chi connectivity index (χ0n) is 13.4. The van der Waals surface area contributed by atoms with E-state index in [1.54, 1.807) is 30.3 Å². The van der Waals surface area contributed by atoms with E-state index in [1.165, 1.54) is 23.5 Å². The third-order valence-corrected chi connectivity index (χ3v) is 5.94. The number of aryl methyl sites for hydroxylation is 2. The van der Waals surface area contributed by atoms with Crippen molar-refractivity contribution in [2.75, 3.05) is 4.72 Å². The van der Waals surface area contributed by atoms with Crippen molar-refractivity contribution in [2.24, 2.45) is 0 Å². The monoisotopic (exact) mass is 376 g/mol. The average molecular weight is 376 g/mol. The Morgan fingerprint density at radius 1 is 1.20 bits per heavy atom. The Kier molecular flexibility index (Phi) is 4.73. The van der Waals surface area contributed by atoms with Gasteiger partial charge in [0.05, 0.1) is 25.8 Å². The van der Waals surface area contributed by atoms with Gasteiger partial charge in [-0.1, -0.05) is 12.1 Å². The summed E-state index contributed by atoms with van der Waals surface area (Å²) >= 11 is 1.50. The predicted molar refractivity (Wildman–Crippen MR) is 97.6 cm³/mol. The minimum absolute atomic E-state index is 0.0125. The molecule has 0 unspecified atom stereocenters. The molecule has 2 N–H and O–H groups in total. The molecule has 0 aliphatic rings. The molecule has 0 amide bonds. The summed E-state index contributed by atoms with van der Waals surface area (Å²) in [7, 11) is -3.71. The van der Waals surface area contributed by atoms with E-state index in [0.717, 1.165) is 20.8 Å². The number of nitrogens with zero attached hydrogens (tertiary/aromatic N) is 1. The van der Waals surface area contributed by atoms with Crippen LogP contribution in [-0.4, -0.2) is 24.5 Å². The number of sulfonamides is 1. The molecule has 0 atom stereocenters. The molecule has 1 aromatic heterocycles. The van der Waals surface area contributed by atoms with Gasteiger partial charge in [-0.2, -0.15) is 0 Å². The average Bonchev–Trinajstić information content (AvgIpc) is 2.92. The number of aromatic nitrogens is 1. The summed E-state index contributed by atoms with van der Waals surface area (Å²) in [6.07, 6.45) is 0.378. The normalized spacial score (nSPS) is 11.6. The smallest absolute Gasteiger partial charge is 0.303 e. The maximum Gasteiger partial charge on any atom is 0.303 e. The molecule has 0 saturated carbocycles. The van der Waals surface area contributed by atoms with Crippen molar-refractivity contribution in [3.63, 3.8) is 0 Å². The molecule has 8 heteroatoms. The third-order valence-electron chi connectivity index (χ3n) is 3.61. The molecule has 0 aliphatic heterocycles. The van der Waals surface area contributed by atoms with Gasteiger partial charge < -0.3 is 5.11 Å². The molecular formula is C17H16N2O4S2. The first kappa shape index (κ1) is 17.4. The van der Waals surface area contributed by atoms with Crippen LogP contribution in [0.2, 0.25) is 0 Å². The highest BCUT2D eigenvalue weighted by Crippen LogP contribution is 2.26. The van der Waals surface area contributed by atoms with E-state index in [2.05, 4.69) is 9.71 Å². The second kappa shape index (κ2) is 6.81. The van der Waals surface area contributed by atoms with Crippen LogP contribution < -0.4 is 4.72 Å². The van der Waals surface area contributed by atoms with Gasteiger partial charge in [0.1, 0.15) is 0 Å². The molecule has 3 aromatic rings. The van der Waals surface area contributed by atoms with Gasteiger partial charge in [0, 0.05) is 6.42 Å². The van der Waals surface area contributed by atoms with Gasteiger partial charge in [-0.05, 0) is 49.2 Å². The molecule has 25 heavy (non-hydrogen) atoms. The predicted octanol–water partition coefficient (Wildman–Crippen LogP) is 3.42. The first-order valence-corrected chi connectivity index (χ1v) is 9.84. The van der Waals surface area contributed by atoms with Crippen LogP contribution in [0.3, 0.4) is 0 Å². The van der Waals surface area contributed by atoms with Crippen molar-refractivity contribution in [1.29, 1.82) is 0 Å². The van der Waals surface area contributed by atoms with Crippen molar-refractivity contribution in [1.82, 2.24) is 4.98 Å². The van der Waals surface area contributed by atoms with Crippen LogP contribution in [0.1, 0.15) is 17.0 Å². The van der Waals surface area contributed by atoms with Gasteiger partial charge in [-0.3, -0.25) is 9.52 Å². The number of hydrogen-bond donors (Lipinski definition) is 2. The Morgan fingerprint density at radius 3 is 2.60 bits per heavy atom. The topological polar surface area (TPSA) is 96.4 Å². The Hall–Kier alpha value is -2.45. The molecular weight excluding hydrogens is 360 g/mol. The number of rotatable bonds is 6. The highest BCUT2D eigenvalue weighted by Gasteiger charge is 2.15. The highest BCUT2D eigenvalue weighted by molar-refractivity contribution is 7.92. The second-order valence-corrected chi connectivity index (χ2v) is 8.48. The molecule has 2 aromatic carbocycles. The second-order valence-electron chi connectivity index (χ2n) is 5.56. The first-order valence-electron chi connectivity index (χ1n) is 7.54. The van der Waals surface area contributed by atoms with Gasteiger partial charge in [-0.15, -0.1) is 11.3 Å². The standard InChI is InChI=1S/C17H16N2O4S2/c1-11-18-15-8-5-13(10-16(15)24-11)19-25(22,23)14-6-2-12(3-7-14)4-9-17(20)21/h2-3,5-8,10,19H,4,9H2,1H3,(H,20,21). The van der Waals surface area contributed by atoms with Crippen molar-refractivity contribution in [2.45, 2.75) is 24.7 Å². The summed E-state index contributed by atoms with van der Waals surface area (Å²) < 4.78 is 28.5. The number of nitrogens with one attached hydrogen (secondary N) is 1. The summed E-state index contributed by atoms with van der Waals surface area (Å²) in [5.74, 6) is -0.882. The maximum atomic E-state index is 12.5. The molecule has 0 aliphatic carbocycles. The molecule has 6 nitrogen and oxygen atoms in total. The number of fused-ring (bicyclic) bond motifs is 1. The lowest BCUT2D eigenvalue weighted by Crippen LogP contribution is -2.12. The van der Waals surface area contributed by atoms with Crippen LogP contribution in [0.25, 0.3) is 10.2 Å². The van der Waals surface area contributed by atoms with Crippen molar-refractivity contribution in [3.05, 3.63) is 53.0 Å². The molecule has 130 valence electrons. The largest absolute Gasteiger partial charge is 0.481 e. The highest BCUT2D eigenvalue weighted by atomic mass is 32.2. The minimum atomic E-state index is -3.71. The number of carbonyl (C=O) groups is 1. The van der Waals surface area contributed by atoms with Crippen LogP contribution in [0.15, 0.2) is 47.4 Å². The molecule has 3 rings (SSSR count). The van der Waals surface area contributed by atoms with Crippen molar-refractivity contribution >= 4 is 43.2 Å². The zero-order valence-corrected chi connectivity index (χ0v) is 15.0. The van der Waals surface area contributed by atoms with E-state index in [9.17, 15) is 13.2 Å². The Labute approximate surface area is 149 Å². The summed E-state index contributed by atoms with van der Waals surface area (Å²) in [6, 6.07) is 11.5. The number of aliphatic carboxylic acids is 1. The fraction of sp³-hybridized carbons (Fsp3) is 0.176. The Morgan fingerprint density at radius 2 is 1.92 bits per heavy atom. The number of hydrogen-bond acceptors (Lipinski definition) is 5. The van der Waals surface area contributed by atoms with E-state index in [-0.39, 0.29) is 11.3 Å². The van der Waals surface area contributed by atoms with Crippen LogP contribution in [0.5, 0.6) is 0 Å². The van der Waals surface area contributed by atoms with E-state index in [0.29, 0.717) is 12.1 Å². The number of carboxylic acids is 1. The van der Waals surface area contributed by atoms with Crippen LogP contribution in [0, 0.1) is 6.92 Å². The van der Waals surface area contributed by atoms with E-state index < -0.39 is 16.0 Å². The molecule has 0 spiro atoms. The summed E-state index contributed by atoms with van der Waals surface area (Å²) in [5.41, 5.74) is 2.10. The first-order chi connectivity index (χ1) is 11.8. The van der Waals surface area contributed by atoms with Gasteiger partial charge in [0.25, 0.3) is 10.0 Å². The molecule has 0 fully saturated rings. The lowest BCUT2D eigenvalue weighted by molar-refractivity contribution is -0.136. The fourth-order valence-corrected chi connectivity index (χ4v) is 4.32. The SMILES string of the molecule is Cc1nc2ccc(NS(=O)(=O)c3ccc(CCC(=O)O)cc3)cc2s1. The molecule has 0 saturated heterocycles. The molecule has 1 heterocycles. The van der Waals surface area contributed by atoms with Gasteiger partial charge in [0.15, 0.2) is 0 Å². The lowest BCUT2D eigenvalue weighted by atomic mass is 10.1. The third kappa shape index (κ3) is 4.15. The minimum Gasteiger partial charge on any atom is -0.481 e. The quantitative estimate of drug-likeness (QED) is 0.687. The van der Waals surface area contributed by atoms with E-state index >= 15 is 0 Å². The Balaban J connectivity index is 1.79. The Bertz CT molecular complexity index is 1020.